The molecular formula is C27H27ClN2O2. The number of rotatable bonds is 5. The minimum absolute atomic E-state index is 0.0278. The van der Waals surface area contributed by atoms with Crippen molar-refractivity contribution in [1.82, 2.24) is 9.80 Å². The van der Waals surface area contributed by atoms with Crippen LogP contribution >= 0.6 is 11.6 Å². The second-order valence-corrected chi connectivity index (χ2v) is 8.53. The molecule has 0 radical (unpaired) electrons. The summed E-state index contributed by atoms with van der Waals surface area (Å²) in [5, 5.41) is 0.701. The van der Waals surface area contributed by atoms with E-state index in [-0.39, 0.29) is 11.8 Å². The zero-order chi connectivity index (χ0) is 22.3. The van der Waals surface area contributed by atoms with Gasteiger partial charge in [-0.25, -0.2) is 0 Å². The first-order valence-electron chi connectivity index (χ1n) is 11.1. The Morgan fingerprint density at radius 3 is 2.06 bits per heavy atom. The van der Waals surface area contributed by atoms with Crippen molar-refractivity contribution in [3.8, 4) is 11.1 Å². The smallest absolute Gasteiger partial charge is 0.253 e. The lowest BCUT2D eigenvalue weighted by Crippen LogP contribution is -2.37. The summed E-state index contributed by atoms with van der Waals surface area (Å²) in [4.78, 5) is 29.5. The highest BCUT2D eigenvalue weighted by Crippen LogP contribution is 2.20. The van der Waals surface area contributed by atoms with Gasteiger partial charge in [0.1, 0.15) is 0 Å². The lowest BCUT2D eigenvalue weighted by Gasteiger charge is -2.22. The zero-order valence-electron chi connectivity index (χ0n) is 18.0. The van der Waals surface area contributed by atoms with Crippen LogP contribution < -0.4 is 0 Å². The van der Waals surface area contributed by atoms with Gasteiger partial charge >= 0.3 is 0 Å². The van der Waals surface area contributed by atoms with Crippen molar-refractivity contribution in [3.63, 3.8) is 0 Å². The van der Waals surface area contributed by atoms with Gasteiger partial charge in [-0.05, 0) is 53.8 Å². The summed E-state index contributed by atoms with van der Waals surface area (Å²) >= 11 is 5.93. The van der Waals surface area contributed by atoms with Crippen LogP contribution in [-0.2, 0) is 11.2 Å². The van der Waals surface area contributed by atoms with E-state index in [1.54, 1.807) is 0 Å². The molecule has 4 rings (SSSR count). The molecule has 4 nitrogen and oxygen atoms in total. The predicted octanol–water partition coefficient (Wildman–Crippen LogP) is 5.31. The summed E-state index contributed by atoms with van der Waals surface area (Å²) in [6.45, 7) is 2.50. The normalized spacial score (nSPS) is 14.2. The van der Waals surface area contributed by atoms with Crippen LogP contribution in [0.3, 0.4) is 0 Å². The van der Waals surface area contributed by atoms with Crippen molar-refractivity contribution in [2.45, 2.75) is 19.3 Å². The maximum absolute atomic E-state index is 13.0. The fourth-order valence-corrected chi connectivity index (χ4v) is 4.17. The van der Waals surface area contributed by atoms with Gasteiger partial charge in [0.25, 0.3) is 5.91 Å². The molecule has 5 heteroatoms. The Balaban J connectivity index is 1.31. The molecule has 1 fully saturated rings. The Labute approximate surface area is 194 Å². The topological polar surface area (TPSA) is 40.6 Å². The quantitative estimate of drug-likeness (QED) is 0.532. The minimum Gasteiger partial charge on any atom is -0.341 e. The van der Waals surface area contributed by atoms with Crippen LogP contribution in [0.25, 0.3) is 11.1 Å². The van der Waals surface area contributed by atoms with Crippen LogP contribution in [0.2, 0.25) is 5.02 Å². The summed E-state index contributed by atoms with van der Waals surface area (Å²) in [6.07, 6.45) is 1.96. The molecule has 0 aromatic heterocycles. The van der Waals surface area contributed by atoms with E-state index < -0.39 is 0 Å². The van der Waals surface area contributed by atoms with E-state index in [1.165, 1.54) is 0 Å². The standard InChI is InChI=1S/C27H27ClN2O2/c28-25-14-7-21(8-15-25)9-16-26(31)29-17-4-18-30(20-19-29)27(32)24-12-10-23(11-13-24)22-5-2-1-3-6-22/h1-3,5-8,10-15H,4,9,16-20H2. The monoisotopic (exact) mass is 446 g/mol. The van der Waals surface area contributed by atoms with Gasteiger partial charge in [-0.1, -0.05) is 66.2 Å². The lowest BCUT2D eigenvalue weighted by molar-refractivity contribution is -0.131. The Hall–Kier alpha value is -3.11. The van der Waals surface area contributed by atoms with Crippen molar-refractivity contribution < 1.29 is 9.59 Å². The molecule has 2 amide bonds. The van der Waals surface area contributed by atoms with Gasteiger partial charge in [0.05, 0.1) is 0 Å². The average molecular weight is 447 g/mol. The molecule has 3 aromatic rings. The number of benzene rings is 3. The first-order valence-corrected chi connectivity index (χ1v) is 11.4. The maximum Gasteiger partial charge on any atom is 0.253 e. The van der Waals surface area contributed by atoms with E-state index in [0.29, 0.717) is 49.6 Å². The molecule has 3 aromatic carbocycles. The number of nitrogens with zero attached hydrogens (tertiary/aromatic N) is 2. The fraction of sp³-hybridized carbons (Fsp3) is 0.259. The Morgan fingerprint density at radius 1 is 0.719 bits per heavy atom. The number of aryl methyl sites for hydroxylation is 1. The van der Waals surface area contributed by atoms with Gasteiger partial charge in [-0.3, -0.25) is 9.59 Å². The SMILES string of the molecule is O=C(CCc1ccc(Cl)cc1)N1CCCN(C(=O)c2ccc(-c3ccccc3)cc2)CC1. The molecule has 1 aliphatic heterocycles. The molecule has 0 spiro atoms. The Bertz CT molecular complexity index is 1050. The van der Waals surface area contributed by atoms with Crippen molar-refractivity contribution in [2.24, 2.45) is 0 Å². The van der Waals surface area contributed by atoms with Gasteiger partial charge < -0.3 is 9.80 Å². The highest BCUT2D eigenvalue weighted by molar-refractivity contribution is 6.30. The second-order valence-electron chi connectivity index (χ2n) is 8.10. The summed E-state index contributed by atoms with van der Waals surface area (Å²) in [5.74, 6) is 0.168. The average Bonchev–Trinajstić information content (AvgIpc) is 3.10. The molecule has 0 unspecified atom stereocenters. The third-order valence-electron chi connectivity index (χ3n) is 5.92. The highest BCUT2D eigenvalue weighted by atomic mass is 35.5. The molecule has 0 aliphatic carbocycles. The molecule has 0 N–H and O–H groups in total. The molecule has 0 atom stereocenters. The largest absolute Gasteiger partial charge is 0.341 e. The molecular weight excluding hydrogens is 420 g/mol. The molecule has 0 saturated carbocycles. The van der Waals surface area contributed by atoms with Gasteiger partial charge in [-0.15, -0.1) is 0 Å². The van der Waals surface area contributed by atoms with Crippen LogP contribution in [0.4, 0.5) is 0 Å². The van der Waals surface area contributed by atoms with E-state index in [2.05, 4.69) is 12.1 Å². The van der Waals surface area contributed by atoms with Crippen molar-refractivity contribution >= 4 is 23.4 Å². The number of hydrogen-bond donors (Lipinski definition) is 0. The van der Waals surface area contributed by atoms with Crippen molar-refractivity contribution in [2.75, 3.05) is 26.2 Å². The van der Waals surface area contributed by atoms with Crippen molar-refractivity contribution in [1.29, 1.82) is 0 Å². The van der Waals surface area contributed by atoms with Gasteiger partial charge in [0.15, 0.2) is 0 Å². The van der Waals surface area contributed by atoms with E-state index in [4.69, 9.17) is 11.6 Å². The number of halogens is 1. The van der Waals surface area contributed by atoms with Crippen LogP contribution in [0.1, 0.15) is 28.8 Å². The summed E-state index contributed by atoms with van der Waals surface area (Å²) in [6, 6.07) is 25.5. The molecule has 1 aliphatic rings. The molecule has 164 valence electrons. The third kappa shape index (κ3) is 5.57. The molecule has 32 heavy (non-hydrogen) atoms. The zero-order valence-corrected chi connectivity index (χ0v) is 18.8. The van der Waals surface area contributed by atoms with Crippen LogP contribution in [0, 0.1) is 0 Å². The lowest BCUT2D eigenvalue weighted by atomic mass is 10.0. The predicted molar refractivity (Wildman–Crippen MR) is 129 cm³/mol. The Morgan fingerprint density at radius 2 is 1.34 bits per heavy atom. The number of carbonyl (C=O) groups excluding carboxylic acids is 2. The Kier molecular flexibility index (Phi) is 7.23. The van der Waals surface area contributed by atoms with Gasteiger partial charge in [-0.2, -0.15) is 0 Å². The minimum atomic E-state index is 0.0278. The van der Waals surface area contributed by atoms with Crippen molar-refractivity contribution in [3.05, 3.63) is 95.0 Å². The summed E-state index contributed by atoms with van der Waals surface area (Å²) in [5.41, 5.74) is 4.02. The first kappa shape index (κ1) is 22.1. The molecule has 0 bridgehead atoms. The highest BCUT2D eigenvalue weighted by Gasteiger charge is 2.22. The van der Waals surface area contributed by atoms with Crippen LogP contribution in [-0.4, -0.2) is 47.8 Å². The summed E-state index contributed by atoms with van der Waals surface area (Å²) < 4.78 is 0. The number of amides is 2. The molecule has 1 heterocycles. The third-order valence-corrected chi connectivity index (χ3v) is 6.17. The van der Waals surface area contributed by atoms with E-state index in [1.807, 2.05) is 76.5 Å². The summed E-state index contributed by atoms with van der Waals surface area (Å²) in [7, 11) is 0. The fourth-order valence-electron chi connectivity index (χ4n) is 4.05. The first-order chi connectivity index (χ1) is 15.6. The maximum atomic E-state index is 13.0. The van der Waals surface area contributed by atoms with Gasteiger partial charge in [0, 0.05) is 43.2 Å². The van der Waals surface area contributed by atoms with Crippen LogP contribution in [0.5, 0.6) is 0 Å². The second kappa shape index (κ2) is 10.5. The number of carbonyl (C=O) groups is 2. The molecule has 1 saturated heterocycles. The number of hydrogen-bond acceptors (Lipinski definition) is 2. The van der Waals surface area contributed by atoms with Crippen LogP contribution in [0.15, 0.2) is 78.9 Å². The van der Waals surface area contributed by atoms with Gasteiger partial charge in [0.2, 0.25) is 5.91 Å². The van der Waals surface area contributed by atoms with E-state index >= 15 is 0 Å². The van der Waals surface area contributed by atoms with E-state index in [9.17, 15) is 9.59 Å². The van der Waals surface area contributed by atoms with E-state index in [0.717, 1.165) is 23.1 Å².